The van der Waals surface area contributed by atoms with Crippen molar-refractivity contribution in [3.05, 3.63) is 60.8 Å². The van der Waals surface area contributed by atoms with Gasteiger partial charge in [0, 0.05) is 13.0 Å². The molecule has 58 heavy (non-hydrogen) atoms. The largest absolute Gasteiger partial charge is 0.461 e. The van der Waals surface area contributed by atoms with Gasteiger partial charge in [-0.2, -0.15) is 0 Å². The van der Waals surface area contributed by atoms with E-state index in [1.165, 1.54) is 148 Å². The quantitative estimate of drug-likeness (QED) is 0.0348. The van der Waals surface area contributed by atoms with Crippen molar-refractivity contribution in [1.82, 2.24) is 0 Å². The van der Waals surface area contributed by atoms with Crippen molar-refractivity contribution in [2.75, 3.05) is 19.8 Å². The Bertz CT molecular complexity index is 1010. The number of hydrogen-bond acceptors (Lipinski definition) is 5. The zero-order valence-corrected chi connectivity index (χ0v) is 38.6. The lowest BCUT2D eigenvalue weighted by Gasteiger charge is -2.18. The lowest BCUT2D eigenvalue weighted by Crippen LogP contribution is -2.30. The second kappa shape index (κ2) is 49.0. The fraction of sp³-hybridized carbons (Fsp3) is 0.774. The normalized spacial score (nSPS) is 12.7. The summed E-state index contributed by atoms with van der Waals surface area (Å²) >= 11 is 0. The van der Waals surface area contributed by atoms with Gasteiger partial charge in [0.25, 0.3) is 0 Å². The fourth-order valence-electron chi connectivity index (χ4n) is 6.94. The lowest BCUT2D eigenvalue weighted by molar-refractivity contribution is -0.162. The van der Waals surface area contributed by atoms with E-state index in [2.05, 4.69) is 69.4 Å². The smallest absolute Gasteiger partial charge is 0.309 e. The Morgan fingerprint density at radius 3 is 1.17 bits per heavy atom. The summed E-state index contributed by atoms with van der Waals surface area (Å²) in [5.41, 5.74) is 0. The first-order chi connectivity index (χ1) is 28.6. The van der Waals surface area contributed by atoms with Gasteiger partial charge in [0.2, 0.25) is 0 Å². The molecule has 0 saturated carbocycles. The topological polar surface area (TPSA) is 61.8 Å². The van der Waals surface area contributed by atoms with E-state index in [-0.39, 0.29) is 31.6 Å². The first-order valence-corrected chi connectivity index (χ1v) is 24.8. The summed E-state index contributed by atoms with van der Waals surface area (Å²) in [5.74, 6) is -0.538. The molecule has 5 heteroatoms. The molecule has 0 aliphatic carbocycles. The molecule has 0 aromatic rings. The highest BCUT2D eigenvalue weighted by atomic mass is 16.6. The number of ether oxygens (including phenoxy) is 3. The van der Waals surface area contributed by atoms with Crippen LogP contribution in [0, 0.1) is 0 Å². The molecule has 0 amide bonds. The highest BCUT2D eigenvalue weighted by molar-refractivity contribution is 5.71. The van der Waals surface area contributed by atoms with Gasteiger partial charge >= 0.3 is 11.9 Å². The van der Waals surface area contributed by atoms with E-state index >= 15 is 0 Å². The van der Waals surface area contributed by atoms with Crippen LogP contribution in [-0.4, -0.2) is 37.9 Å². The number of carbonyl (C=O) groups excluding carboxylic acids is 2. The van der Waals surface area contributed by atoms with Crippen LogP contribution in [0.5, 0.6) is 0 Å². The van der Waals surface area contributed by atoms with Gasteiger partial charge in [0.05, 0.1) is 13.0 Å². The molecule has 0 N–H and O–H groups in total. The summed E-state index contributed by atoms with van der Waals surface area (Å²) < 4.78 is 17.2. The molecule has 0 aromatic heterocycles. The first-order valence-electron chi connectivity index (χ1n) is 24.8. The van der Waals surface area contributed by atoms with Gasteiger partial charge in [-0.15, -0.1) is 0 Å². The van der Waals surface area contributed by atoms with Gasteiger partial charge in [-0.05, 0) is 44.9 Å². The van der Waals surface area contributed by atoms with Crippen molar-refractivity contribution in [3.8, 4) is 0 Å². The van der Waals surface area contributed by atoms with Crippen molar-refractivity contribution in [2.45, 2.75) is 245 Å². The molecule has 0 aliphatic heterocycles. The van der Waals surface area contributed by atoms with Crippen LogP contribution in [0.15, 0.2) is 60.8 Å². The molecule has 0 rings (SSSR count). The van der Waals surface area contributed by atoms with Gasteiger partial charge < -0.3 is 14.2 Å². The van der Waals surface area contributed by atoms with Crippen molar-refractivity contribution >= 4 is 11.9 Å². The zero-order valence-electron chi connectivity index (χ0n) is 38.6. The summed E-state index contributed by atoms with van der Waals surface area (Å²) in [6.07, 6.45) is 61.2. The highest BCUT2D eigenvalue weighted by Gasteiger charge is 2.17. The summed E-state index contributed by atoms with van der Waals surface area (Å²) in [6.45, 7) is 7.62. The Hall–Kier alpha value is -2.40. The van der Waals surface area contributed by atoms with Crippen molar-refractivity contribution in [3.63, 3.8) is 0 Å². The maximum atomic E-state index is 12.7. The molecule has 0 aromatic carbocycles. The van der Waals surface area contributed by atoms with Gasteiger partial charge in [-0.25, -0.2) is 0 Å². The van der Waals surface area contributed by atoms with Gasteiger partial charge in [-0.1, -0.05) is 242 Å². The van der Waals surface area contributed by atoms with Gasteiger partial charge in [0.15, 0.2) is 6.10 Å². The second-order valence-electron chi connectivity index (χ2n) is 16.4. The van der Waals surface area contributed by atoms with Gasteiger partial charge in [-0.3, -0.25) is 9.59 Å². The van der Waals surface area contributed by atoms with E-state index in [1.54, 1.807) is 0 Å². The monoisotopic (exact) mass is 811 g/mol. The van der Waals surface area contributed by atoms with E-state index < -0.39 is 6.10 Å². The molecule has 1 atom stereocenters. The third-order valence-electron chi connectivity index (χ3n) is 10.6. The van der Waals surface area contributed by atoms with E-state index in [0.29, 0.717) is 13.0 Å². The number of rotatable bonds is 45. The van der Waals surface area contributed by atoms with Crippen LogP contribution >= 0.6 is 0 Å². The predicted molar refractivity (Wildman–Crippen MR) is 251 cm³/mol. The molecule has 0 fully saturated rings. The van der Waals surface area contributed by atoms with Crippen molar-refractivity contribution in [1.29, 1.82) is 0 Å². The maximum absolute atomic E-state index is 12.7. The van der Waals surface area contributed by atoms with E-state index in [1.807, 2.05) is 12.2 Å². The molecule has 0 heterocycles. The van der Waals surface area contributed by atoms with E-state index in [9.17, 15) is 9.59 Å². The average molecular weight is 811 g/mol. The molecule has 0 radical (unpaired) electrons. The minimum atomic E-state index is -0.570. The average Bonchev–Trinajstić information content (AvgIpc) is 3.22. The Balaban J connectivity index is 4.27. The summed E-state index contributed by atoms with van der Waals surface area (Å²) in [6, 6.07) is 0. The van der Waals surface area contributed by atoms with Crippen LogP contribution in [0.4, 0.5) is 0 Å². The maximum Gasteiger partial charge on any atom is 0.309 e. The third-order valence-corrected chi connectivity index (χ3v) is 10.6. The minimum Gasteiger partial charge on any atom is -0.461 e. The SMILES string of the molecule is CC/C=C\C/C=C\C/C=C\C/C=C\C/C=C\CC(=O)OCC(COCCCCCCCCCCCCCCCCCCCC)OC(=O)CCCCCCCCCCC. The number of unbranched alkanes of at least 4 members (excludes halogenated alkanes) is 25. The molecule has 0 saturated heterocycles. The van der Waals surface area contributed by atoms with E-state index in [0.717, 1.165) is 57.8 Å². The third kappa shape index (κ3) is 46.3. The summed E-state index contributed by atoms with van der Waals surface area (Å²) in [5, 5.41) is 0. The Morgan fingerprint density at radius 1 is 0.397 bits per heavy atom. The number of allylic oxidation sites excluding steroid dienone is 9. The van der Waals surface area contributed by atoms with E-state index in [4.69, 9.17) is 14.2 Å². The predicted octanol–water partition coefficient (Wildman–Crippen LogP) is 16.6. The molecule has 5 nitrogen and oxygen atoms in total. The lowest BCUT2D eigenvalue weighted by atomic mass is 10.0. The van der Waals surface area contributed by atoms with Crippen molar-refractivity contribution in [2.24, 2.45) is 0 Å². The van der Waals surface area contributed by atoms with Gasteiger partial charge in [0.1, 0.15) is 6.61 Å². The molecule has 0 bridgehead atoms. The molecular formula is C53H94O5. The molecule has 336 valence electrons. The van der Waals surface area contributed by atoms with Crippen molar-refractivity contribution < 1.29 is 23.8 Å². The second-order valence-corrected chi connectivity index (χ2v) is 16.4. The molecule has 0 aliphatic rings. The van der Waals surface area contributed by atoms with Crippen LogP contribution in [-0.2, 0) is 23.8 Å². The van der Waals surface area contributed by atoms with Crippen LogP contribution in [0.1, 0.15) is 239 Å². The fourth-order valence-corrected chi connectivity index (χ4v) is 6.94. The summed E-state index contributed by atoms with van der Waals surface area (Å²) in [7, 11) is 0. The first kappa shape index (κ1) is 55.6. The van der Waals surface area contributed by atoms with Crippen LogP contribution in [0.3, 0.4) is 0 Å². The zero-order chi connectivity index (χ0) is 42.1. The number of hydrogen-bond donors (Lipinski definition) is 0. The number of carbonyl (C=O) groups is 2. The number of esters is 2. The molecular weight excluding hydrogens is 717 g/mol. The molecule has 0 spiro atoms. The highest BCUT2D eigenvalue weighted by Crippen LogP contribution is 2.15. The molecule has 1 unspecified atom stereocenters. The van der Waals surface area contributed by atoms with Crippen LogP contribution in [0.2, 0.25) is 0 Å². The standard InChI is InChI=1S/C53H94O5/c1-4-7-10-13-16-19-21-23-25-26-27-29-31-33-36-39-42-45-48-56-49-51(58-53(55)47-44-41-38-34-18-15-12-9-6-3)50-57-52(54)46-43-40-37-35-32-30-28-24-22-20-17-14-11-8-5-2/h8,11,17,20,24,28,32,35,40,43,51H,4-7,9-10,12-16,18-19,21-23,25-27,29-31,33-34,36-39,41-42,44-50H2,1-3H3/b11-8-,20-17-,28-24-,35-32-,43-40-. The summed E-state index contributed by atoms with van der Waals surface area (Å²) in [4.78, 5) is 25.2. The Labute approximate surface area is 360 Å². The minimum absolute atomic E-state index is 0.0339. The Kier molecular flexibility index (Phi) is 46.9. The van der Waals surface area contributed by atoms with Crippen LogP contribution < -0.4 is 0 Å². The van der Waals surface area contributed by atoms with Crippen LogP contribution in [0.25, 0.3) is 0 Å². The Morgan fingerprint density at radius 2 is 0.759 bits per heavy atom.